The molecule has 1 atom stereocenters. The molecule has 0 aliphatic heterocycles. The van der Waals surface area contributed by atoms with E-state index in [2.05, 4.69) is 15.6 Å². The molecule has 0 radical (unpaired) electrons. The molecule has 1 unspecified atom stereocenters. The van der Waals surface area contributed by atoms with Crippen LogP contribution in [0.2, 0.25) is 0 Å². The maximum absolute atomic E-state index is 13.2. The number of nitrogens with one attached hydrogen (secondary N) is 1. The molecule has 0 saturated carbocycles. The highest BCUT2D eigenvalue weighted by molar-refractivity contribution is 5.96. The first-order valence-electron chi connectivity index (χ1n) is 9.68. The van der Waals surface area contributed by atoms with E-state index in [0.717, 1.165) is 22.1 Å². The number of nitrogens with zero attached hydrogens (tertiary/aromatic N) is 3. The number of rotatable bonds is 4. The smallest absolute Gasteiger partial charge is 0.275 e. The SMILES string of the molecule is Cc1ccc(C)c(-c2nn(C(C)C(=O)Nc3cc(C)on3)c(=O)c3ccccc23)c1. The summed E-state index contributed by atoms with van der Waals surface area (Å²) in [4.78, 5) is 25.9. The van der Waals surface area contributed by atoms with E-state index in [0.29, 0.717) is 22.7 Å². The van der Waals surface area contributed by atoms with Crippen molar-refractivity contribution in [3.05, 3.63) is 75.8 Å². The van der Waals surface area contributed by atoms with Crippen LogP contribution in [-0.4, -0.2) is 20.8 Å². The van der Waals surface area contributed by atoms with Gasteiger partial charge in [-0.1, -0.05) is 41.1 Å². The summed E-state index contributed by atoms with van der Waals surface area (Å²) in [6, 6.07) is 14.2. The number of aryl methyl sites for hydroxylation is 3. The van der Waals surface area contributed by atoms with E-state index >= 15 is 0 Å². The maximum atomic E-state index is 13.2. The molecule has 2 aromatic heterocycles. The van der Waals surface area contributed by atoms with Crippen molar-refractivity contribution in [3.8, 4) is 11.3 Å². The minimum Gasteiger partial charge on any atom is -0.360 e. The van der Waals surface area contributed by atoms with Gasteiger partial charge in [-0.05, 0) is 45.4 Å². The first-order valence-corrected chi connectivity index (χ1v) is 9.68. The summed E-state index contributed by atoms with van der Waals surface area (Å²) in [6.45, 7) is 7.39. The van der Waals surface area contributed by atoms with Gasteiger partial charge in [0.15, 0.2) is 5.82 Å². The molecule has 2 heterocycles. The van der Waals surface area contributed by atoms with Gasteiger partial charge in [0.2, 0.25) is 5.91 Å². The molecule has 4 aromatic rings. The second kappa shape index (κ2) is 7.59. The number of amides is 1. The van der Waals surface area contributed by atoms with Gasteiger partial charge in [-0.3, -0.25) is 9.59 Å². The van der Waals surface area contributed by atoms with Crippen LogP contribution in [0.25, 0.3) is 22.0 Å². The lowest BCUT2D eigenvalue weighted by atomic mass is 9.99. The van der Waals surface area contributed by atoms with Gasteiger partial charge in [0.05, 0.1) is 11.1 Å². The molecule has 0 bridgehead atoms. The molecule has 7 nitrogen and oxygen atoms in total. The Hall–Kier alpha value is -3.74. The summed E-state index contributed by atoms with van der Waals surface area (Å²) in [5.74, 6) is 0.476. The van der Waals surface area contributed by atoms with Crippen molar-refractivity contribution in [2.45, 2.75) is 33.7 Å². The molecule has 0 saturated heterocycles. The Morgan fingerprint density at radius 2 is 1.80 bits per heavy atom. The van der Waals surface area contributed by atoms with Gasteiger partial charge in [-0.2, -0.15) is 5.10 Å². The van der Waals surface area contributed by atoms with E-state index in [1.165, 1.54) is 4.68 Å². The van der Waals surface area contributed by atoms with Crippen molar-refractivity contribution in [2.24, 2.45) is 0 Å². The summed E-state index contributed by atoms with van der Waals surface area (Å²) >= 11 is 0. The fourth-order valence-corrected chi connectivity index (χ4v) is 3.43. The third kappa shape index (κ3) is 3.50. The van der Waals surface area contributed by atoms with Crippen LogP contribution >= 0.6 is 0 Å². The molecule has 0 aliphatic carbocycles. The minimum atomic E-state index is -0.844. The average Bonchev–Trinajstić information content (AvgIpc) is 3.14. The van der Waals surface area contributed by atoms with E-state index in [4.69, 9.17) is 4.52 Å². The highest BCUT2D eigenvalue weighted by Gasteiger charge is 2.22. The predicted octanol–water partition coefficient (Wildman–Crippen LogP) is 4.18. The van der Waals surface area contributed by atoms with Crippen molar-refractivity contribution < 1.29 is 9.32 Å². The van der Waals surface area contributed by atoms with Crippen molar-refractivity contribution in [1.29, 1.82) is 0 Å². The topological polar surface area (TPSA) is 90.0 Å². The third-order valence-electron chi connectivity index (χ3n) is 5.10. The van der Waals surface area contributed by atoms with Gasteiger partial charge < -0.3 is 9.84 Å². The van der Waals surface area contributed by atoms with Crippen molar-refractivity contribution in [2.75, 3.05) is 5.32 Å². The molecule has 30 heavy (non-hydrogen) atoms. The lowest BCUT2D eigenvalue weighted by molar-refractivity contribution is -0.119. The van der Waals surface area contributed by atoms with Crippen LogP contribution in [0.4, 0.5) is 5.82 Å². The quantitative estimate of drug-likeness (QED) is 0.553. The number of fused-ring (bicyclic) bond motifs is 1. The normalized spacial score (nSPS) is 12.1. The zero-order chi connectivity index (χ0) is 21.4. The Bertz CT molecular complexity index is 1320. The molecule has 1 amide bonds. The number of benzene rings is 2. The second-order valence-corrected chi connectivity index (χ2v) is 7.45. The average molecular weight is 402 g/mol. The van der Waals surface area contributed by atoms with Crippen molar-refractivity contribution >= 4 is 22.5 Å². The van der Waals surface area contributed by atoms with Gasteiger partial charge >= 0.3 is 0 Å². The second-order valence-electron chi connectivity index (χ2n) is 7.45. The van der Waals surface area contributed by atoms with Crippen LogP contribution in [-0.2, 0) is 4.79 Å². The maximum Gasteiger partial charge on any atom is 0.275 e. The molecule has 4 rings (SSSR count). The Kier molecular flexibility index (Phi) is 4.95. The van der Waals surface area contributed by atoms with Crippen LogP contribution in [0.3, 0.4) is 0 Å². The van der Waals surface area contributed by atoms with E-state index in [9.17, 15) is 9.59 Å². The number of carbonyl (C=O) groups is 1. The number of carbonyl (C=O) groups excluding carboxylic acids is 1. The van der Waals surface area contributed by atoms with E-state index < -0.39 is 11.9 Å². The van der Waals surface area contributed by atoms with Crippen molar-refractivity contribution in [3.63, 3.8) is 0 Å². The summed E-state index contributed by atoms with van der Waals surface area (Å²) < 4.78 is 6.22. The van der Waals surface area contributed by atoms with Gasteiger partial charge in [-0.25, -0.2) is 4.68 Å². The molecule has 7 heteroatoms. The van der Waals surface area contributed by atoms with E-state index in [1.54, 1.807) is 26.0 Å². The largest absolute Gasteiger partial charge is 0.360 e. The van der Waals surface area contributed by atoms with Gasteiger partial charge in [0.1, 0.15) is 11.8 Å². The van der Waals surface area contributed by atoms with Crippen LogP contribution < -0.4 is 10.9 Å². The Morgan fingerprint density at radius 3 is 2.50 bits per heavy atom. The lowest BCUT2D eigenvalue weighted by Gasteiger charge is -2.17. The third-order valence-corrected chi connectivity index (χ3v) is 5.10. The fourth-order valence-electron chi connectivity index (χ4n) is 3.43. The number of anilines is 1. The molecule has 0 aliphatic rings. The summed E-state index contributed by atoms with van der Waals surface area (Å²) in [6.07, 6.45) is 0. The first kappa shape index (κ1) is 19.6. The molecular formula is C23H22N4O3. The molecule has 0 fully saturated rings. The number of aromatic nitrogens is 3. The summed E-state index contributed by atoms with van der Waals surface area (Å²) in [5, 5.41) is 12.4. The summed E-state index contributed by atoms with van der Waals surface area (Å²) in [5.41, 5.74) is 3.41. The fraction of sp³-hybridized carbons (Fsp3) is 0.217. The Balaban J connectivity index is 1.86. The van der Waals surface area contributed by atoms with Crippen LogP contribution in [0.5, 0.6) is 0 Å². The Morgan fingerprint density at radius 1 is 1.07 bits per heavy atom. The van der Waals surface area contributed by atoms with Gasteiger partial charge in [-0.15, -0.1) is 0 Å². The minimum absolute atomic E-state index is 0.299. The Labute approximate surface area is 173 Å². The standard InChI is InChI=1S/C23H22N4O3/c1-13-9-10-14(2)19(11-13)21-17-7-5-6-8-18(17)23(29)27(25-21)16(4)22(28)24-20-12-15(3)30-26-20/h5-12,16H,1-4H3,(H,24,26,28). The predicted molar refractivity (Wildman–Crippen MR) is 115 cm³/mol. The van der Waals surface area contributed by atoms with Crippen LogP contribution in [0, 0.1) is 20.8 Å². The van der Waals surface area contributed by atoms with Crippen LogP contribution in [0.15, 0.2) is 57.8 Å². The zero-order valence-corrected chi connectivity index (χ0v) is 17.3. The summed E-state index contributed by atoms with van der Waals surface area (Å²) in [7, 11) is 0. The van der Waals surface area contributed by atoms with E-state index in [-0.39, 0.29) is 5.56 Å². The van der Waals surface area contributed by atoms with Crippen molar-refractivity contribution in [1.82, 2.24) is 14.9 Å². The molecule has 0 spiro atoms. The first-order chi connectivity index (χ1) is 14.3. The highest BCUT2D eigenvalue weighted by atomic mass is 16.5. The molecule has 2 aromatic carbocycles. The number of hydrogen-bond acceptors (Lipinski definition) is 5. The highest BCUT2D eigenvalue weighted by Crippen LogP contribution is 2.29. The molecule has 1 N–H and O–H groups in total. The number of hydrogen-bond donors (Lipinski definition) is 1. The monoisotopic (exact) mass is 402 g/mol. The van der Waals surface area contributed by atoms with Gasteiger partial charge in [0.25, 0.3) is 5.56 Å². The molecular weight excluding hydrogens is 380 g/mol. The van der Waals surface area contributed by atoms with E-state index in [1.807, 2.05) is 50.2 Å². The molecule has 152 valence electrons. The lowest BCUT2D eigenvalue weighted by Crippen LogP contribution is -2.34. The van der Waals surface area contributed by atoms with Crippen LogP contribution in [0.1, 0.15) is 29.9 Å². The zero-order valence-electron chi connectivity index (χ0n) is 17.3. The van der Waals surface area contributed by atoms with Gasteiger partial charge in [0, 0.05) is 17.0 Å².